The Morgan fingerprint density at radius 2 is 1.61 bits per heavy atom. The summed E-state index contributed by atoms with van der Waals surface area (Å²) in [5.74, 6) is 0.0789. The van der Waals surface area contributed by atoms with Gasteiger partial charge in [0.05, 0.1) is 5.71 Å². The highest BCUT2D eigenvalue weighted by atomic mass is 16.6. The van der Waals surface area contributed by atoms with Gasteiger partial charge in [-0.3, -0.25) is 9.59 Å². The number of hydrogen-bond donors (Lipinski definition) is 0. The molecule has 28 heavy (non-hydrogen) atoms. The van der Waals surface area contributed by atoms with Gasteiger partial charge in [-0.2, -0.15) is 0 Å². The molecule has 2 aliphatic carbocycles. The van der Waals surface area contributed by atoms with E-state index < -0.39 is 5.92 Å². The Morgan fingerprint density at radius 3 is 2.07 bits per heavy atom. The number of aryl methyl sites for hydroxylation is 3. The minimum absolute atomic E-state index is 0.0853. The van der Waals surface area contributed by atoms with Crippen molar-refractivity contribution in [3.63, 3.8) is 0 Å². The van der Waals surface area contributed by atoms with Crippen molar-refractivity contribution in [3.05, 3.63) is 34.4 Å². The SMILES string of the molecule is CCc1cc(C)cc(CC)c1C1C(=O)C2CC(CC/C(C)=N/OC)CC2C1=O. The normalized spacial score (nSPS) is 27.4. The minimum atomic E-state index is -0.529. The molecule has 4 heteroatoms. The quantitative estimate of drug-likeness (QED) is 0.386. The Kier molecular flexibility index (Phi) is 6.36. The van der Waals surface area contributed by atoms with E-state index in [1.807, 2.05) is 6.92 Å². The highest BCUT2D eigenvalue weighted by Gasteiger charge is 2.54. The third-order valence-corrected chi connectivity index (χ3v) is 6.67. The summed E-state index contributed by atoms with van der Waals surface area (Å²) in [6, 6.07) is 4.31. The predicted octanol–water partition coefficient (Wildman–Crippen LogP) is 4.80. The molecule has 152 valence electrons. The van der Waals surface area contributed by atoms with Crippen molar-refractivity contribution in [2.24, 2.45) is 22.9 Å². The molecule has 4 nitrogen and oxygen atoms in total. The molecular weight excluding hydrogens is 350 g/mol. The molecule has 2 unspecified atom stereocenters. The molecular formula is C24H33NO3. The number of rotatable bonds is 7. The number of hydrogen-bond acceptors (Lipinski definition) is 4. The van der Waals surface area contributed by atoms with Crippen LogP contribution in [0.25, 0.3) is 0 Å². The van der Waals surface area contributed by atoms with Crippen LogP contribution in [-0.4, -0.2) is 24.4 Å². The van der Waals surface area contributed by atoms with Crippen LogP contribution in [-0.2, 0) is 27.3 Å². The van der Waals surface area contributed by atoms with Crippen LogP contribution in [0.1, 0.15) is 74.6 Å². The van der Waals surface area contributed by atoms with E-state index in [0.717, 1.165) is 49.8 Å². The zero-order chi connectivity index (χ0) is 20.4. The van der Waals surface area contributed by atoms with E-state index in [-0.39, 0.29) is 23.4 Å². The Labute approximate surface area is 168 Å². The summed E-state index contributed by atoms with van der Waals surface area (Å²) in [6.07, 6.45) is 5.25. The smallest absolute Gasteiger partial charge is 0.151 e. The first kappa shape index (κ1) is 20.8. The lowest BCUT2D eigenvalue weighted by Crippen LogP contribution is -2.21. The minimum Gasteiger partial charge on any atom is -0.399 e. The second-order valence-corrected chi connectivity index (χ2v) is 8.54. The van der Waals surface area contributed by atoms with Crippen molar-refractivity contribution < 1.29 is 14.4 Å². The largest absolute Gasteiger partial charge is 0.399 e. The van der Waals surface area contributed by atoms with E-state index in [1.54, 1.807) is 7.11 Å². The van der Waals surface area contributed by atoms with E-state index in [0.29, 0.717) is 5.92 Å². The van der Waals surface area contributed by atoms with Gasteiger partial charge in [0.25, 0.3) is 0 Å². The highest BCUT2D eigenvalue weighted by molar-refractivity contribution is 6.16. The average molecular weight is 384 g/mol. The molecule has 2 saturated carbocycles. The van der Waals surface area contributed by atoms with E-state index in [4.69, 9.17) is 4.84 Å². The van der Waals surface area contributed by atoms with Crippen molar-refractivity contribution in [3.8, 4) is 0 Å². The summed E-state index contributed by atoms with van der Waals surface area (Å²) < 4.78 is 0. The van der Waals surface area contributed by atoms with Gasteiger partial charge in [0.15, 0.2) is 11.6 Å². The molecule has 0 amide bonds. The maximum Gasteiger partial charge on any atom is 0.151 e. The third-order valence-electron chi connectivity index (χ3n) is 6.67. The third kappa shape index (κ3) is 3.78. The van der Waals surface area contributed by atoms with Gasteiger partial charge < -0.3 is 4.84 Å². The van der Waals surface area contributed by atoms with E-state index in [1.165, 1.54) is 16.7 Å². The van der Waals surface area contributed by atoms with Crippen molar-refractivity contribution in [2.45, 2.75) is 72.1 Å². The van der Waals surface area contributed by atoms with Gasteiger partial charge in [-0.15, -0.1) is 0 Å². The summed E-state index contributed by atoms with van der Waals surface area (Å²) in [6.45, 7) is 8.28. The Bertz CT molecular complexity index is 746. The fraction of sp³-hybridized carbons (Fsp3) is 0.625. The van der Waals surface area contributed by atoms with Gasteiger partial charge in [-0.25, -0.2) is 0 Å². The van der Waals surface area contributed by atoms with E-state index in [9.17, 15) is 9.59 Å². The summed E-state index contributed by atoms with van der Waals surface area (Å²) in [5, 5.41) is 3.97. The van der Waals surface area contributed by atoms with Gasteiger partial charge in [0, 0.05) is 11.8 Å². The van der Waals surface area contributed by atoms with Crippen molar-refractivity contribution in [1.82, 2.24) is 0 Å². The first-order valence-electron chi connectivity index (χ1n) is 10.7. The van der Waals surface area contributed by atoms with Crippen LogP contribution in [0.15, 0.2) is 17.3 Å². The first-order valence-corrected chi connectivity index (χ1v) is 10.7. The molecule has 0 spiro atoms. The molecule has 3 rings (SSSR count). The number of carbonyl (C=O) groups is 2. The number of benzene rings is 1. The predicted molar refractivity (Wildman–Crippen MR) is 112 cm³/mol. The molecule has 1 aromatic carbocycles. The molecule has 0 aromatic heterocycles. The number of Topliss-reactive ketones (excluding diaryl/α,β-unsaturated/α-hetero) is 2. The fourth-order valence-electron chi connectivity index (χ4n) is 5.38. The Morgan fingerprint density at radius 1 is 1.07 bits per heavy atom. The number of nitrogens with zero attached hydrogens (tertiary/aromatic N) is 1. The lowest BCUT2D eigenvalue weighted by atomic mass is 9.82. The van der Waals surface area contributed by atoms with Crippen LogP contribution in [0.3, 0.4) is 0 Å². The van der Waals surface area contributed by atoms with Crippen LogP contribution < -0.4 is 0 Å². The van der Waals surface area contributed by atoms with Crippen LogP contribution in [0.4, 0.5) is 0 Å². The van der Waals surface area contributed by atoms with Gasteiger partial charge in [0.1, 0.15) is 13.0 Å². The summed E-state index contributed by atoms with van der Waals surface area (Å²) in [5.41, 5.74) is 5.55. The van der Waals surface area contributed by atoms with Crippen molar-refractivity contribution in [1.29, 1.82) is 0 Å². The van der Waals surface area contributed by atoms with Crippen LogP contribution in [0, 0.1) is 24.7 Å². The van der Waals surface area contributed by atoms with E-state index in [2.05, 4.69) is 38.1 Å². The summed E-state index contributed by atoms with van der Waals surface area (Å²) in [4.78, 5) is 31.5. The molecule has 1 aromatic rings. The van der Waals surface area contributed by atoms with Gasteiger partial charge in [-0.1, -0.05) is 36.7 Å². The number of fused-ring (bicyclic) bond motifs is 1. The standard InChI is InChI=1S/C24H33NO3/c1-6-17-10-14(3)11-18(7-2)21(17)22-23(26)19-12-16(13-20(19)24(22)27)9-8-15(4)25-28-5/h10-11,16,19-20,22H,6-9,12-13H2,1-5H3/b25-15+. The Balaban J connectivity index is 1.81. The Hall–Kier alpha value is -1.97. The fourth-order valence-corrected chi connectivity index (χ4v) is 5.38. The molecule has 0 bridgehead atoms. The first-order chi connectivity index (χ1) is 13.4. The molecule has 2 fully saturated rings. The molecule has 2 atom stereocenters. The van der Waals surface area contributed by atoms with Crippen LogP contribution in [0.2, 0.25) is 0 Å². The van der Waals surface area contributed by atoms with E-state index >= 15 is 0 Å². The number of carbonyl (C=O) groups excluding carboxylic acids is 2. The van der Waals surface area contributed by atoms with Gasteiger partial charge in [0.2, 0.25) is 0 Å². The van der Waals surface area contributed by atoms with Gasteiger partial charge in [-0.05, 0) is 75.0 Å². The number of oxime groups is 1. The number of ketones is 2. The van der Waals surface area contributed by atoms with Gasteiger partial charge >= 0.3 is 0 Å². The maximum absolute atomic E-state index is 13.3. The molecule has 0 saturated heterocycles. The van der Waals surface area contributed by atoms with Crippen molar-refractivity contribution >= 4 is 17.3 Å². The maximum atomic E-state index is 13.3. The lowest BCUT2D eigenvalue weighted by molar-refractivity contribution is -0.125. The van der Waals surface area contributed by atoms with Crippen molar-refractivity contribution in [2.75, 3.05) is 7.11 Å². The molecule has 0 heterocycles. The molecule has 0 N–H and O–H groups in total. The molecule has 0 aliphatic heterocycles. The highest BCUT2D eigenvalue weighted by Crippen LogP contribution is 2.50. The second-order valence-electron chi connectivity index (χ2n) is 8.54. The monoisotopic (exact) mass is 383 g/mol. The topological polar surface area (TPSA) is 55.7 Å². The lowest BCUT2D eigenvalue weighted by Gasteiger charge is -2.20. The van der Waals surface area contributed by atoms with Crippen LogP contribution >= 0.6 is 0 Å². The zero-order valence-electron chi connectivity index (χ0n) is 17.9. The molecule has 0 radical (unpaired) electrons. The molecule has 2 aliphatic rings. The van der Waals surface area contributed by atoms with Crippen LogP contribution in [0.5, 0.6) is 0 Å². The summed E-state index contributed by atoms with van der Waals surface area (Å²) in [7, 11) is 1.56. The zero-order valence-corrected chi connectivity index (χ0v) is 17.9. The average Bonchev–Trinajstić information content (AvgIpc) is 3.19. The summed E-state index contributed by atoms with van der Waals surface area (Å²) >= 11 is 0. The second kappa shape index (κ2) is 8.59.